The predicted octanol–water partition coefficient (Wildman–Crippen LogP) is 3.74. The third kappa shape index (κ3) is 7.26. The first-order chi connectivity index (χ1) is 15.6. The number of sulfone groups is 1. The Morgan fingerprint density at radius 2 is 1.52 bits per heavy atom. The summed E-state index contributed by atoms with van der Waals surface area (Å²) in [5.74, 6) is -0.490. The topological polar surface area (TPSA) is 117 Å². The van der Waals surface area contributed by atoms with E-state index in [1.807, 2.05) is 6.92 Å². The van der Waals surface area contributed by atoms with E-state index < -0.39 is 28.3 Å². The SMILES string of the molecule is CCOc1cc(C(=O)OCC(=O)Nc2cc(S(C)(=O)=O)ccc2Cl)cc(OCC)c1OCC. The molecule has 0 aliphatic rings. The highest BCUT2D eigenvalue weighted by Crippen LogP contribution is 2.39. The molecule has 1 amide bonds. The molecule has 0 saturated heterocycles. The summed E-state index contributed by atoms with van der Waals surface area (Å²) in [6.45, 7) is 5.79. The van der Waals surface area contributed by atoms with Crippen molar-refractivity contribution < 1.29 is 37.0 Å². The summed E-state index contributed by atoms with van der Waals surface area (Å²) in [6.07, 6.45) is 1.04. The predicted molar refractivity (Wildman–Crippen MR) is 123 cm³/mol. The quantitative estimate of drug-likeness (QED) is 0.465. The molecular weight excluding hydrogens is 474 g/mol. The van der Waals surface area contributed by atoms with Crippen molar-refractivity contribution in [3.8, 4) is 17.2 Å². The molecule has 0 heterocycles. The zero-order chi connectivity index (χ0) is 24.6. The molecule has 1 N–H and O–H groups in total. The Balaban J connectivity index is 2.16. The molecule has 2 aromatic carbocycles. The van der Waals surface area contributed by atoms with Crippen molar-refractivity contribution in [3.63, 3.8) is 0 Å². The number of carbonyl (C=O) groups excluding carboxylic acids is 2. The molecular formula is C22H26ClNO8S. The van der Waals surface area contributed by atoms with Gasteiger partial charge in [0.05, 0.1) is 41.0 Å². The van der Waals surface area contributed by atoms with E-state index in [-0.39, 0.29) is 21.2 Å². The third-order valence-electron chi connectivity index (χ3n) is 4.12. The highest BCUT2D eigenvalue weighted by atomic mass is 35.5. The molecule has 0 spiro atoms. The van der Waals surface area contributed by atoms with Crippen LogP contribution in [0.2, 0.25) is 5.02 Å². The number of esters is 1. The van der Waals surface area contributed by atoms with Crippen LogP contribution in [0.1, 0.15) is 31.1 Å². The van der Waals surface area contributed by atoms with E-state index >= 15 is 0 Å². The summed E-state index contributed by atoms with van der Waals surface area (Å²) < 4.78 is 45.3. The fourth-order valence-electron chi connectivity index (χ4n) is 2.74. The summed E-state index contributed by atoms with van der Waals surface area (Å²) in [5, 5.41) is 2.57. The van der Waals surface area contributed by atoms with Crippen molar-refractivity contribution in [3.05, 3.63) is 40.9 Å². The van der Waals surface area contributed by atoms with Crippen LogP contribution >= 0.6 is 11.6 Å². The minimum absolute atomic E-state index is 0.0134. The number of benzene rings is 2. The van der Waals surface area contributed by atoms with Crippen LogP contribution in [-0.4, -0.2) is 53.0 Å². The van der Waals surface area contributed by atoms with Crippen molar-refractivity contribution in [2.45, 2.75) is 25.7 Å². The molecule has 2 rings (SSSR count). The Bertz CT molecular complexity index is 1090. The number of nitrogens with one attached hydrogen (secondary N) is 1. The molecule has 11 heteroatoms. The first-order valence-electron chi connectivity index (χ1n) is 10.1. The number of anilines is 1. The van der Waals surface area contributed by atoms with Crippen molar-refractivity contribution in [1.82, 2.24) is 0 Å². The molecule has 33 heavy (non-hydrogen) atoms. The fourth-order valence-corrected chi connectivity index (χ4v) is 3.55. The van der Waals surface area contributed by atoms with Gasteiger partial charge in [0.2, 0.25) is 5.75 Å². The zero-order valence-corrected chi connectivity index (χ0v) is 20.3. The van der Waals surface area contributed by atoms with Gasteiger partial charge in [-0.2, -0.15) is 0 Å². The first-order valence-corrected chi connectivity index (χ1v) is 12.4. The lowest BCUT2D eigenvalue weighted by Crippen LogP contribution is -2.21. The smallest absolute Gasteiger partial charge is 0.338 e. The maximum Gasteiger partial charge on any atom is 0.338 e. The average Bonchev–Trinajstić information content (AvgIpc) is 2.75. The molecule has 0 aliphatic carbocycles. The van der Waals surface area contributed by atoms with Gasteiger partial charge in [-0.05, 0) is 51.1 Å². The molecule has 180 valence electrons. The molecule has 9 nitrogen and oxygen atoms in total. The third-order valence-corrected chi connectivity index (χ3v) is 5.56. The lowest BCUT2D eigenvalue weighted by atomic mass is 10.2. The van der Waals surface area contributed by atoms with Gasteiger partial charge in [-0.15, -0.1) is 0 Å². The van der Waals surface area contributed by atoms with Gasteiger partial charge in [-0.25, -0.2) is 13.2 Å². The summed E-state index contributed by atoms with van der Waals surface area (Å²) >= 11 is 6.03. The summed E-state index contributed by atoms with van der Waals surface area (Å²) in [4.78, 5) is 24.8. The second-order valence-electron chi connectivity index (χ2n) is 6.64. The minimum Gasteiger partial charge on any atom is -0.490 e. The molecule has 2 aromatic rings. The van der Waals surface area contributed by atoms with E-state index in [9.17, 15) is 18.0 Å². The van der Waals surface area contributed by atoms with Gasteiger partial charge in [-0.1, -0.05) is 11.6 Å². The molecule has 0 aliphatic heterocycles. The molecule has 0 unspecified atom stereocenters. The number of hydrogen-bond acceptors (Lipinski definition) is 8. The zero-order valence-electron chi connectivity index (χ0n) is 18.8. The second kappa shape index (κ2) is 11.8. The molecule has 0 radical (unpaired) electrons. The minimum atomic E-state index is -3.49. The number of carbonyl (C=O) groups is 2. The van der Waals surface area contributed by atoms with Gasteiger partial charge in [0.1, 0.15) is 0 Å². The van der Waals surface area contributed by atoms with Crippen molar-refractivity contribution >= 4 is 39.0 Å². The highest BCUT2D eigenvalue weighted by molar-refractivity contribution is 7.90. The Labute approximate surface area is 197 Å². The largest absolute Gasteiger partial charge is 0.490 e. The second-order valence-corrected chi connectivity index (χ2v) is 9.06. The van der Waals surface area contributed by atoms with Gasteiger partial charge >= 0.3 is 5.97 Å². The van der Waals surface area contributed by atoms with Crippen LogP contribution in [-0.2, 0) is 19.4 Å². The van der Waals surface area contributed by atoms with Crippen LogP contribution in [0, 0.1) is 0 Å². The van der Waals surface area contributed by atoms with Gasteiger partial charge in [0.25, 0.3) is 5.91 Å². The Kier molecular flexibility index (Phi) is 9.36. The van der Waals surface area contributed by atoms with E-state index in [0.29, 0.717) is 37.1 Å². The monoisotopic (exact) mass is 499 g/mol. The number of rotatable bonds is 11. The normalized spacial score (nSPS) is 10.9. The Morgan fingerprint density at radius 1 is 0.939 bits per heavy atom. The van der Waals surface area contributed by atoms with Crippen LogP contribution in [0.3, 0.4) is 0 Å². The average molecular weight is 500 g/mol. The fraction of sp³-hybridized carbons (Fsp3) is 0.364. The van der Waals surface area contributed by atoms with Gasteiger partial charge < -0.3 is 24.3 Å². The highest BCUT2D eigenvalue weighted by Gasteiger charge is 2.20. The number of halogens is 1. The van der Waals surface area contributed by atoms with Gasteiger partial charge in [0, 0.05) is 6.26 Å². The molecule has 0 atom stereocenters. The van der Waals surface area contributed by atoms with Crippen LogP contribution in [0.5, 0.6) is 17.2 Å². The van der Waals surface area contributed by atoms with Crippen molar-refractivity contribution in [2.75, 3.05) is 38.0 Å². The van der Waals surface area contributed by atoms with E-state index in [2.05, 4.69) is 5.32 Å². The Hall–Kier alpha value is -2.98. The summed E-state index contributed by atoms with van der Waals surface area (Å²) in [5.41, 5.74) is 0.189. The molecule has 0 bridgehead atoms. The van der Waals surface area contributed by atoms with Crippen LogP contribution in [0.15, 0.2) is 35.2 Å². The Morgan fingerprint density at radius 3 is 2.03 bits per heavy atom. The number of amides is 1. The van der Waals surface area contributed by atoms with Crippen molar-refractivity contribution in [1.29, 1.82) is 0 Å². The van der Waals surface area contributed by atoms with E-state index in [0.717, 1.165) is 6.26 Å². The lowest BCUT2D eigenvalue weighted by molar-refractivity contribution is -0.119. The maximum absolute atomic E-state index is 12.6. The number of ether oxygens (including phenoxy) is 4. The van der Waals surface area contributed by atoms with E-state index in [1.54, 1.807) is 13.8 Å². The standard InChI is InChI=1S/C22H26ClNO8S/c1-5-29-18-10-14(11-19(30-6-2)21(18)31-7-3)22(26)32-13-20(25)24-17-12-15(33(4,27)28)8-9-16(17)23/h8-12H,5-7,13H2,1-4H3,(H,24,25). The number of hydrogen-bond donors (Lipinski definition) is 1. The van der Waals surface area contributed by atoms with E-state index in [4.69, 9.17) is 30.5 Å². The van der Waals surface area contributed by atoms with E-state index in [1.165, 1.54) is 30.3 Å². The lowest BCUT2D eigenvalue weighted by Gasteiger charge is -2.17. The molecule has 0 saturated carbocycles. The summed E-state index contributed by atoms with van der Waals surface area (Å²) in [6, 6.07) is 6.80. The van der Waals surface area contributed by atoms with Gasteiger partial charge in [-0.3, -0.25) is 4.79 Å². The van der Waals surface area contributed by atoms with Gasteiger partial charge in [0.15, 0.2) is 27.9 Å². The molecule has 0 aromatic heterocycles. The van der Waals surface area contributed by atoms with Crippen LogP contribution in [0.25, 0.3) is 0 Å². The molecule has 0 fully saturated rings. The first kappa shape index (κ1) is 26.3. The summed E-state index contributed by atoms with van der Waals surface area (Å²) in [7, 11) is -3.49. The van der Waals surface area contributed by atoms with Crippen LogP contribution in [0.4, 0.5) is 5.69 Å². The maximum atomic E-state index is 12.6. The van der Waals surface area contributed by atoms with Crippen LogP contribution < -0.4 is 19.5 Å². The van der Waals surface area contributed by atoms with Crippen molar-refractivity contribution in [2.24, 2.45) is 0 Å².